The highest BCUT2D eigenvalue weighted by Crippen LogP contribution is 2.35. The first kappa shape index (κ1) is 25.0. The van der Waals surface area contributed by atoms with Crippen LogP contribution < -0.4 is 16.2 Å². The molecule has 2 heterocycles. The lowest BCUT2D eigenvalue weighted by atomic mass is 9.94. The molecule has 0 unspecified atom stereocenters. The second kappa shape index (κ2) is 10.4. The van der Waals surface area contributed by atoms with E-state index in [1.807, 2.05) is 55.5 Å². The lowest BCUT2D eigenvalue weighted by Crippen LogP contribution is -2.39. The van der Waals surface area contributed by atoms with Gasteiger partial charge in [-0.15, -0.1) is 0 Å². The van der Waals surface area contributed by atoms with Crippen LogP contribution in [0.2, 0.25) is 0 Å². The van der Waals surface area contributed by atoms with Gasteiger partial charge in [-0.25, -0.2) is 14.3 Å². The van der Waals surface area contributed by atoms with Crippen molar-refractivity contribution >= 4 is 17.8 Å². The number of aryl methyl sites for hydroxylation is 1. The van der Waals surface area contributed by atoms with Gasteiger partial charge < -0.3 is 15.0 Å². The van der Waals surface area contributed by atoms with E-state index < -0.39 is 11.5 Å². The number of nitrogens with one attached hydrogen (secondary N) is 2. The topological polar surface area (TPSA) is 118 Å². The van der Waals surface area contributed by atoms with Crippen LogP contribution in [0.4, 0.5) is 10.6 Å². The average molecular weight is 512 g/mol. The maximum absolute atomic E-state index is 13.3. The fourth-order valence-electron chi connectivity index (χ4n) is 5.21. The molecule has 5 rings (SSSR count). The number of rotatable bonds is 6. The molecule has 1 aliphatic rings. The van der Waals surface area contributed by atoms with Crippen LogP contribution in [-0.2, 0) is 7.05 Å². The Bertz CT molecular complexity index is 1540. The molecule has 2 aromatic heterocycles. The van der Waals surface area contributed by atoms with Gasteiger partial charge in [0, 0.05) is 36.3 Å². The number of amides is 2. The minimum absolute atomic E-state index is 0.00652. The third-order valence-corrected chi connectivity index (χ3v) is 7.10. The van der Waals surface area contributed by atoms with E-state index in [1.54, 1.807) is 10.9 Å². The molecule has 0 radical (unpaired) electrons. The highest BCUT2D eigenvalue weighted by molar-refractivity contribution is 5.92. The summed E-state index contributed by atoms with van der Waals surface area (Å²) in [5.74, 6) is -0.601. The van der Waals surface area contributed by atoms with Crippen molar-refractivity contribution in [3.8, 4) is 16.9 Å². The number of carbonyl (C=O) groups is 2. The maximum Gasteiger partial charge on any atom is 0.341 e. The summed E-state index contributed by atoms with van der Waals surface area (Å²) in [5.41, 5.74) is 2.55. The minimum atomic E-state index is -1.31. The summed E-state index contributed by atoms with van der Waals surface area (Å²) in [7, 11) is 1.50. The van der Waals surface area contributed by atoms with Gasteiger partial charge in [-0.05, 0) is 43.5 Å². The molecule has 9 heteroatoms. The highest BCUT2D eigenvalue weighted by Gasteiger charge is 2.30. The first-order valence-corrected chi connectivity index (χ1v) is 12.6. The van der Waals surface area contributed by atoms with Crippen LogP contribution in [0.15, 0.2) is 77.7 Å². The van der Waals surface area contributed by atoms with Crippen LogP contribution in [0.5, 0.6) is 0 Å². The Morgan fingerprint density at radius 3 is 2.39 bits per heavy atom. The van der Waals surface area contributed by atoms with Gasteiger partial charge in [0.25, 0.3) is 5.56 Å². The van der Waals surface area contributed by atoms with Crippen molar-refractivity contribution in [3.05, 3.63) is 100.0 Å². The molecule has 1 aliphatic carbocycles. The Morgan fingerprint density at radius 2 is 1.71 bits per heavy atom. The summed E-state index contributed by atoms with van der Waals surface area (Å²) in [6.45, 7) is 1.81. The van der Waals surface area contributed by atoms with E-state index in [0.29, 0.717) is 22.6 Å². The quantitative estimate of drug-likeness (QED) is 0.347. The first-order chi connectivity index (χ1) is 18.3. The predicted octanol–water partition coefficient (Wildman–Crippen LogP) is 4.70. The van der Waals surface area contributed by atoms with Gasteiger partial charge in [0.2, 0.25) is 0 Å². The van der Waals surface area contributed by atoms with E-state index in [0.717, 1.165) is 24.9 Å². The van der Waals surface area contributed by atoms with Crippen LogP contribution in [0, 0.1) is 6.92 Å². The second-order valence-corrected chi connectivity index (χ2v) is 9.59. The number of urea groups is 1. The molecule has 194 valence electrons. The lowest BCUT2D eigenvalue weighted by Gasteiger charge is -2.22. The molecule has 38 heavy (non-hydrogen) atoms. The Balaban J connectivity index is 1.50. The molecule has 2 aromatic carbocycles. The van der Waals surface area contributed by atoms with Crippen LogP contribution in [0.1, 0.15) is 46.7 Å². The first-order valence-electron chi connectivity index (χ1n) is 12.6. The van der Waals surface area contributed by atoms with Gasteiger partial charge in [-0.2, -0.15) is 5.10 Å². The number of nitrogens with zero attached hydrogens (tertiary/aromatic N) is 3. The van der Waals surface area contributed by atoms with Crippen molar-refractivity contribution in [1.29, 1.82) is 0 Å². The van der Waals surface area contributed by atoms with Crippen molar-refractivity contribution in [2.24, 2.45) is 7.05 Å². The fourth-order valence-corrected chi connectivity index (χ4v) is 5.21. The molecule has 0 saturated heterocycles. The van der Waals surface area contributed by atoms with Crippen molar-refractivity contribution in [3.63, 3.8) is 0 Å². The molecule has 0 bridgehead atoms. The van der Waals surface area contributed by atoms with Crippen molar-refractivity contribution in [2.45, 2.75) is 38.1 Å². The maximum atomic E-state index is 13.3. The van der Waals surface area contributed by atoms with Gasteiger partial charge in [0.1, 0.15) is 11.4 Å². The van der Waals surface area contributed by atoms with Gasteiger partial charge in [-0.1, -0.05) is 55.0 Å². The van der Waals surface area contributed by atoms with E-state index in [2.05, 4.69) is 22.8 Å². The predicted molar refractivity (Wildman–Crippen MR) is 145 cm³/mol. The number of carbonyl (C=O) groups excluding carboxylic acids is 1. The van der Waals surface area contributed by atoms with Crippen LogP contribution in [-0.4, -0.2) is 37.5 Å². The molecule has 9 nitrogen and oxygen atoms in total. The van der Waals surface area contributed by atoms with Crippen LogP contribution >= 0.6 is 0 Å². The molecular formula is C29H29N5O4. The molecule has 0 spiro atoms. The SMILES string of the molecule is Cc1c(-c2cc(C(=O)O)c(=O)n(C)c2)nn(-c2ccccc2)c1NC(=O)N[C@@H]1CCC[C@H]1c1ccccc1. The number of pyridine rings is 1. The second-order valence-electron chi connectivity index (χ2n) is 9.59. The number of aromatic carboxylic acids is 1. The molecule has 2 amide bonds. The number of carboxylic acids is 1. The summed E-state index contributed by atoms with van der Waals surface area (Å²) >= 11 is 0. The third-order valence-electron chi connectivity index (χ3n) is 7.10. The summed E-state index contributed by atoms with van der Waals surface area (Å²) in [6.07, 6.45) is 4.49. The van der Waals surface area contributed by atoms with E-state index in [4.69, 9.17) is 5.10 Å². The fraction of sp³-hybridized carbons (Fsp3) is 0.241. The summed E-state index contributed by atoms with van der Waals surface area (Å²) in [5, 5.41) is 20.4. The number of anilines is 1. The molecular weight excluding hydrogens is 482 g/mol. The summed E-state index contributed by atoms with van der Waals surface area (Å²) in [4.78, 5) is 37.3. The summed E-state index contributed by atoms with van der Waals surface area (Å²) < 4.78 is 2.85. The van der Waals surface area contributed by atoms with Gasteiger partial charge in [0.05, 0.1) is 11.4 Å². The smallest absolute Gasteiger partial charge is 0.341 e. The molecule has 4 aromatic rings. The van der Waals surface area contributed by atoms with Gasteiger partial charge in [0.15, 0.2) is 0 Å². The number of carboxylic acid groups (broad SMARTS) is 1. The van der Waals surface area contributed by atoms with Crippen LogP contribution in [0.3, 0.4) is 0 Å². The number of hydrogen-bond acceptors (Lipinski definition) is 4. The molecule has 0 aliphatic heterocycles. The van der Waals surface area contributed by atoms with Gasteiger partial charge >= 0.3 is 12.0 Å². The largest absolute Gasteiger partial charge is 0.477 e. The molecule has 1 fully saturated rings. The molecule has 2 atom stereocenters. The zero-order chi connectivity index (χ0) is 26.8. The highest BCUT2D eigenvalue weighted by atomic mass is 16.4. The number of benzene rings is 2. The Morgan fingerprint density at radius 1 is 1.03 bits per heavy atom. The average Bonchev–Trinajstić information content (AvgIpc) is 3.51. The zero-order valence-electron chi connectivity index (χ0n) is 21.2. The normalized spacial score (nSPS) is 16.8. The van der Waals surface area contributed by atoms with Crippen LogP contribution in [0.25, 0.3) is 16.9 Å². The van der Waals surface area contributed by atoms with Crippen molar-refractivity contribution in [2.75, 3.05) is 5.32 Å². The Kier molecular flexibility index (Phi) is 6.83. The molecule has 3 N–H and O–H groups in total. The van der Waals surface area contributed by atoms with Gasteiger partial charge in [-0.3, -0.25) is 10.1 Å². The summed E-state index contributed by atoms with van der Waals surface area (Å²) in [6, 6.07) is 20.6. The van der Waals surface area contributed by atoms with E-state index in [9.17, 15) is 19.5 Å². The number of para-hydroxylation sites is 1. The number of hydrogen-bond donors (Lipinski definition) is 3. The molecule has 1 saturated carbocycles. The third kappa shape index (κ3) is 4.82. The Labute approximate surface area is 219 Å². The van der Waals surface area contributed by atoms with E-state index in [-0.39, 0.29) is 23.6 Å². The van der Waals surface area contributed by atoms with E-state index >= 15 is 0 Å². The van der Waals surface area contributed by atoms with Crippen molar-refractivity contribution < 1.29 is 14.7 Å². The number of aromatic nitrogens is 3. The lowest BCUT2D eigenvalue weighted by molar-refractivity contribution is 0.0694. The monoisotopic (exact) mass is 511 g/mol. The van der Waals surface area contributed by atoms with E-state index in [1.165, 1.54) is 23.2 Å². The zero-order valence-corrected chi connectivity index (χ0v) is 21.2. The minimum Gasteiger partial charge on any atom is -0.477 e. The standard InChI is InChI=1S/C29H29N5O4/c1-18-25(20-16-23(28(36)37)27(35)33(2)17-20)32-34(21-12-7-4-8-13-21)26(18)31-29(38)30-24-15-9-14-22(24)19-10-5-3-6-11-19/h3-8,10-13,16-17,22,24H,9,14-15H2,1-2H3,(H,36,37)(H2,30,31,38)/t22-,24+/m0/s1. The van der Waals surface area contributed by atoms with Crippen molar-refractivity contribution in [1.82, 2.24) is 19.7 Å². The Hall–Kier alpha value is -4.66.